The van der Waals surface area contributed by atoms with Gasteiger partial charge in [-0.1, -0.05) is 29.8 Å². The number of nitrogens with one attached hydrogen (secondary N) is 1. The summed E-state index contributed by atoms with van der Waals surface area (Å²) in [5.74, 6) is -0.133. The van der Waals surface area contributed by atoms with Gasteiger partial charge in [0.1, 0.15) is 5.70 Å². The van der Waals surface area contributed by atoms with Gasteiger partial charge in [-0.2, -0.15) is 0 Å². The van der Waals surface area contributed by atoms with Crippen LogP contribution in [0.3, 0.4) is 0 Å². The van der Waals surface area contributed by atoms with Crippen molar-refractivity contribution in [1.82, 2.24) is 5.32 Å². The molecule has 1 fully saturated rings. The Bertz CT molecular complexity index is 868. The lowest BCUT2D eigenvalue weighted by Gasteiger charge is -2.13. The van der Waals surface area contributed by atoms with Crippen molar-refractivity contribution in [1.29, 1.82) is 0 Å². The molecular weight excluding hydrogens is 360 g/mol. The zero-order valence-corrected chi connectivity index (χ0v) is 14.9. The highest BCUT2D eigenvalue weighted by molar-refractivity contribution is 7.80. The Morgan fingerprint density at radius 3 is 2.72 bits per heavy atom. The highest BCUT2D eigenvalue weighted by Crippen LogP contribution is 2.36. The summed E-state index contributed by atoms with van der Waals surface area (Å²) in [6.07, 6.45) is 1.62. The molecular formula is C18H15ClN2O3S. The van der Waals surface area contributed by atoms with Crippen molar-refractivity contribution in [2.75, 3.05) is 11.5 Å². The van der Waals surface area contributed by atoms with E-state index in [1.807, 2.05) is 18.2 Å². The summed E-state index contributed by atoms with van der Waals surface area (Å²) in [6, 6.07) is 12.3. The van der Waals surface area contributed by atoms with Gasteiger partial charge >= 0.3 is 0 Å². The monoisotopic (exact) mass is 374 g/mol. The van der Waals surface area contributed by atoms with Crippen LogP contribution in [0.2, 0.25) is 5.02 Å². The molecule has 2 N–H and O–H groups in total. The number of phenolic OH excluding ortho intramolecular Hbond substituents is 1. The van der Waals surface area contributed by atoms with Gasteiger partial charge in [-0.15, -0.1) is 0 Å². The number of hydrogen-bond donors (Lipinski definition) is 2. The summed E-state index contributed by atoms with van der Waals surface area (Å²) < 4.78 is 5.36. The van der Waals surface area contributed by atoms with E-state index in [0.29, 0.717) is 28.7 Å². The number of carbonyl (C=O) groups is 1. The topological polar surface area (TPSA) is 61.8 Å². The van der Waals surface area contributed by atoms with Crippen LogP contribution in [0.1, 0.15) is 12.5 Å². The average molecular weight is 375 g/mol. The Hall–Kier alpha value is -2.57. The van der Waals surface area contributed by atoms with Crippen molar-refractivity contribution in [3.63, 3.8) is 0 Å². The minimum atomic E-state index is -0.265. The van der Waals surface area contributed by atoms with Crippen LogP contribution in [0.25, 0.3) is 6.08 Å². The Balaban J connectivity index is 1.95. The van der Waals surface area contributed by atoms with Gasteiger partial charge in [-0.25, -0.2) is 0 Å². The van der Waals surface area contributed by atoms with E-state index in [-0.39, 0.29) is 22.4 Å². The third kappa shape index (κ3) is 3.45. The predicted molar refractivity (Wildman–Crippen MR) is 102 cm³/mol. The van der Waals surface area contributed by atoms with Crippen LogP contribution in [0.4, 0.5) is 5.69 Å². The fourth-order valence-electron chi connectivity index (χ4n) is 2.46. The third-order valence-corrected chi connectivity index (χ3v) is 4.13. The number of halogens is 1. The Labute approximate surface area is 155 Å². The fraction of sp³-hybridized carbons (Fsp3) is 0.111. The van der Waals surface area contributed by atoms with Gasteiger partial charge in [0.15, 0.2) is 16.6 Å². The van der Waals surface area contributed by atoms with E-state index >= 15 is 0 Å². The molecule has 0 aliphatic carbocycles. The van der Waals surface area contributed by atoms with Gasteiger partial charge in [-0.3, -0.25) is 9.69 Å². The summed E-state index contributed by atoms with van der Waals surface area (Å²) in [7, 11) is 0. The molecule has 25 heavy (non-hydrogen) atoms. The zero-order valence-electron chi connectivity index (χ0n) is 13.3. The molecule has 128 valence electrons. The SMILES string of the molecule is CCOc1cc(/C=C2\NC(=S)N(c3ccccc3)C2=O)cc(Cl)c1O. The molecule has 2 aromatic carbocycles. The second-order valence-corrected chi connectivity index (χ2v) is 6.04. The zero-order chi connectivity index (χ0) is 18.0. The van der Waals surface area contributed by atoms with Gasteiger partial charge in [0.2, 0.25) is 0 Å². The lowest BCUT2D eigenvalue weighted by atomic mass is 10.1. The number of aromatic hydroxyl groups is 1. The summed E-state index contributed by atoms with van der Waals surface area (Å²) in [6.45, 7) is 2.18. The van der Waals surface area contributed by atoms with E-state index in [4.69, 9.17) is 28.6 Å². The fourth-order valence-corrected chi connectivity index (χ4v) is 2.97. The molecule has 0 unspecified atom stereocenters. The molecule has 0 bridgehead atoms. The third-order valence-electron chi connectivity index (χ3n) is 3.55. The van der Waals surface area contributed by atoms with E-state index in [1.165, 1.54) is 4.90 Å². The molecule has 0 atom stereocenters. The van der Waals surface area contributed by atoms with Gasteiger partial charge in [0.05, 0.1) is 17.3 Å². The minimum absolute atomic E-state index is 0.127. The first-order valence-electron chi connectivity index (χ1n) is 7.58. The smallest absolute Gasteiger partial charge is 0.281 e. The maximum atomic E-state index is 12.7. The van der Waals surface area contributed by atoms with Crippen molar-refractivity contribution < 1.29 is 14.6 Å². The molecule has 0 spiro atoms. The van der Waals surface area contributed by atoms with Gasteiger partial charge in [-0.05, 0) is 55.0 Å². The maximum Gasteiger partial charge on any atom is 0.281 e. The predicted octanol–water partition coefficient (Wildman–Crippen LogP) is 3.71. The molecule has 0 radical (unpaired) electrons. The highest BCUT2D eigenvalue weighted by atomic mass is 35.5. The maximum absolute atomic E-state index is 12.7. The molecule has 3 rings (SSSR count). The lowest BCUT2D eigenvalue weighted by molar-refractivity contribution is -0.113. The molecule has 0 aromatic heterocycles. The van der Waals surface area contributed by atoms with Gasteiger partial charge in [0, 0.05) is 0 Å². The number of rotatable bonds is 4. The quantitative estimate of drug-likeness (QED) is 0.631. The van der Waals surface area contributed by atoms with Crippen LogP contribution >= 0.6 is 23.8 Å². The summed E-state index contributed by atoms with van der Waals surface area (Å²) in [5.41, 5.74) is 1.62. The molecule has 1 aliphatic rings. The summed E-state index contributed by atoms with van der Waals surface area (Å²) in [4.78, 5) is 14.1. The Morgan fingerprint density at radius 2 is 2.04 bits per heavy atom. The van der Waals surface area contributed by atoms with Crippen LogP contribution in [0.5, 0.6) is 11.5 Å². The van der Waals surface area contributed by atoms with E-state index in [1.54, 1.807) is 37.3 Å². The van der Waals surface area contributed by atoms with Crippen LogP contribution in [-0.2, 0) is 4.79 Å². The number of benzene rings is 2. The molecule has 1 aliphatic heterocycles. The molecule has 0 saturated carbocycles. The first-order valence-corrected chi connectivity index (χ1v) is 8.37. The van der Waals surface area contributed by atoms with Crippen LogP contribution < -0.4 is 15.0 Å². The largest absolute Gasteiger partial charge is 0.503 e. The van der Waals surface area contributed by atoms with Crippen molar-refractivity contribution in [2.45, 2.75) is 6.92 Å². The van der Waals surface area contributed by atoms with E-state index < -0.39 is 0 Å². The summed E-state index contributed by atoms with van der Waals surface area (Å²) in [5, 5.41) is 13.3. The number of carbonyl (C=O) groups excluding carboxylic acids is 1. The van der Waals surface area contributed by atoms with Gasteiger partial charge < -0.3 is 15.2 Å². The molecule has 5 nitrogen and oxygen atoms in total. The number of nitrogens with zero attached hydrogens (tertiary/aromatic N) is 1. The number of amides is 1. The molecule has 1 heterocycles. The number of ether oxygens (including phenoxy) is 1. The summed E-state index contributed by atoms with van der Waals surface area (Å²) >= 11 is 11.3. The first kappa shape index (κ1) is 17.3. The number of hydrogen-bond acceptors (Lipinski definition) is 4. The van der Waals surface area contributed by atoms with Crippen LogP contribution in [0.15, 0.2) is 48.2 Å². The molecule has 1 saturated heterocycles. The van der Waals surface area contributed by atoms with Crippen LogP contribution in [0, 0.1) is 0 Å². The molecule has 7 heteroatoms. The van der Waals surface area contributed by atoms with Crippen molar-refractivity contribution >= 4 is 46.6 Å². The van der Waals surface area contributed by atoms with Crippen molar-refractivity contribution in [3.8, 4) is 11.5 Å². The van der Waals surface area contributed by atoms with Gasteiger partial charge in [0.25, 0.3) is 5.91 Å². The van der Waals surface area contributed by atoms with E-state index in [9.17, 15) is 9.90 Å². The number of phenols is 1. The van der Waals surface area contributed by atoms with E-state index in [0.717, 1.165) is 0 Å². The first-order chi connectivity index (χ1) is 12.0. The lowest BCUT2D eigenvalue weighted by Crippen LogP contribution is -2.30. The minimum Gasteiger partial charge on any atom is -0.503 e. The number of para-hydroxylation sites is 1. The number of anilines is 1. The van der Waals surface area contributed by atoms with E-state index in [2.05, 4.69) is 5.32 Å². The van der Waals surface area contributed by atoms with Crippen LogP contribution in [-0.4, -0.2) is 22.7 Å². The average Bonchev–Trinajstić information content (AvgIpc) is 2.87. The second-order valence-electron chi connectivity index (χ2n) is 5.25. The molecule has 1 amide bonds. The second kappa shape index (κ2) is 7.13. The Kier molecular flexibility index (Phi) is 4.92. The molecule has 2 aromatic rings. The standard InChI is InChI=1S/C18H15ClN2O3S/c1-2-24-15-10-11(8-13(19)16(15)22)9-14-17(23)21(18(25)20-14)12-6-4-3-5-7-12/h3-10,22H,2H2,1H3,(H,20,25)/b14-9-. The normalized spacial score (nSPS) is 15.6. The van der Waals surface area contributed by atoms with Crippen molar-refractivity contribution in [3.05, 3.63) is 58.7 Å². The van der Waals surface area contributed by atoms with Crippen molar-refractivity contribution in [2.24, 2.45) is 0 Å². The Morgan fingerprint density at radius 1 is 1.32 bits per heavy atom. The highest BCUT2D eigenvalue weighted by Gasteiger charge is 2.31. The number of thiocarbonyl (C=S) groups is 1.